The first-order valence-corrected chi connectivity index (χ1v) is 11.5. The molecule has 0 unspecified atom stereocenters. The van der Waals surface area contributed by atoms with Crippen LogP contribution in [0.4, 0.5) is 10.7 Å². The maximum absolute atomic E-state index is 11.4. The molecule has 2 aromatic carbocycles. The lowest BCUT2D eigenvalue weighted by atomic mass is 9.72. The van der Waals surface area contributed by atoms with Crippen molar-refractivity contribution in [1.29, 1.82) is 0 Å². The first-order chi connectivity index (χ1) is 17.0. The molecule has 1 amide bonds. The molecule has 0 spiro atoms. The third-order valence-electron chi connectivity index (χ3n) is 6.42. The first-order valence-electron chi connectivity index (χ1n) is 11.5. The number of amides is 1. The largest absolute Gasteiger partial charge is 0.480 e. The first kappa shape index (κ1) is 22.7. The van der Waals surface area contributed by atoms with E-state index in [9.17, 15) is 9.90 Å². The third-order valence-corrected chi connectivity index (χ3v) is 6.42. The molecule has 0 aliphatic heterocycles. The van der Waals surface area contributed by atoms with Crippen LogP contribution in [0.1, 0.15) is 24.8 Å². The fraction of sp³-hybridized carbons (Fsp3) is 0.269. The van der Waals surface area contributed by atoms with Crippen molar-refractivity contribution in [2.75, 3.05) is 25.6 Å². The molecule has 0 atom stereocenters. The van der Waals surface area contributed by atoms with Crippen LogP contribution in [0.25, 0.3) is 33.6 Å². The van der Waals surface area contributed by atoms with E-state index < -0.39 is 11.6 Å². The number of anilines is 1. The third kappa shape index (κ3) is 4.15. The van der Waals surface area contributed by atoms with Gasteiger partial charge in [0.05, 0.1) is 19.3 Å². The zero-order chi connectivity index (χ0) is 24.4. The number of methoxy groups -OCH3 is 1. The van der Waals surface area contributed by atoms with Gasteiger partial charge in [-0.3, -0.25) is 0 Å². The number of carboxylic acid groups (broad SMARTS) is 1. The molecule has 4 N–H and O–H groups in total. The molecule has 1 saturated carbocycles. The molecule has 0 radical (unpaired) electrons. The summed E-state index contributed by atoms with van der Waals surface area (Å²) < 4.78 is 11.9. The van der Waals surface area contributed by atoms with Crippen LogP contribution in [-0.2, 0) is 5.54 Å². The van der Waals surface area contributed by atoms with Crippen LogP contribution in [0.15, 0.2) is 59.0 Å². The number of hydrogen-bond donors (Lipinski definition) is 4. The van der Waals surface area contributed by atoms with Gasteiger partial charge in [-0.05, 0) is 30.4 Å². The van der Waals surface area contributed by atoms with Crippen LogP contribution in [0.5, 0.6) is 5.88 Å². The minimum atomic E-state index is -1.02. The fourth-order valence-electron chi connectivity index (χ4n) is 4.61. The average Bonchev–Trinajstić information content (AvgIpc) is 3.24. The van der Waals surface area contributed by atoms with Gasteiger partial charge in [-0.2, -0.15) is 9.97 Å². The van der Waals surface area contributed by atoms with Crippen LogP contribution in [0.2, 0.25) is 0 Å². The Hall–Kier alpha value is -4.11. The van der Waals surface area contributed by atoms with Crippen molar-refractivity contribution in [3.63, 3.8) is 0 Å². The Morgan fingerprint density at radius 1 is 1.09 bits per heavy atom. The number of benzene rings is 2. The highest BCUT2D eigenvalue weighted by molar-refractivity contribution is 6.03. The number of ether oxygens (including phenoxy) is 1. The maximum atomic E-state index is 11.4. The second kappa shape index (κ2) is 9.27. The van der Waals surface area contributed by atoms with Crippen LogP contribution < -0.4 is 15.4 Å². The van der Waals surface area contributed by atoms with E-state index in [2.05, 4.69) is 20.6 Å². The van der Waals surface area contributed by atoms with Crippen LogP contribution in [-0.4, -0.2) is 46.5 Å². The van der Waals surface area contributed by atoms with E-state index in [4.69, 9.17) is 14.3 Å². The quantitative estimate of drug-likeness (QED) is 0.291. The van der Waals surface area contributed by atoms with Crippen molar-refractivity contribution in [3.05, 3.63) is 60.2 Å². The monoisotopic (exact) mass is 474 g/mol. The summed E-state index contributed by atoms with van der Waals surface area (Å²) in [6.45, 7) is 0.230. The predicted molar refractivity (Wildman–Crippen MR) is 131 cm³/mol. The van der Waals surface area contributed by atoms with Gasteiger partial charge in [-0.15, -0.1) is 0 Å². The van der Waals surface area contributed by atoms with Gasteiger partial charge in [-0.25, -0.2) is 4.79 Å². The lowest BCUT2D eigenvalue weighted by molar-refractivity contribution is 0.144. The highest BCUT2D eigenvalue weighted by atomic mass is 16.5. The van der Waals surface area contributed by atoms with Gasteiger partial charge in [0.2, 0.25) is 17.5 Å². The van der Waals surface area contributed by atoms with Crippen molar-refractivity contribution >= 4 is 23.1 Å². The van der Waals surface area contributed by atoms with E-state index in [1.54, 1.807) is 7.11 Å². The van der Waals surface area contributed by atoms with Gasteiger partial charge in [0, 0.05) is 17.7 Å². The molecule has 0 bridgehead atoms. The number of aliphatic hydroxyl groups excluding tert-OH is 1. The minimum absolute atomic E-state index is 0.0625. The summed E-state index contributed by atoms with van der Waals surface area (Å²) >= 11 is 0. The lowest BCUT2D eigenvalue weighted by Gasteiger charge is -2.42. The second-order valence-corrected chi connectivity index (χ2v) is 8.50. The summed E-state index contributed by atoms with van der Waals surface area (Å²) in [4.78, 5) is 20.3. The SMILES string of the molecule is COc1nc(NCCO)nc2oc(-c3ccc(C4(NC(=O)O)CCC4)cc3)c(-c3ccccc3)c12. The van der Waals surface area contributed by atoms with Crippen molar-refractivity contribution in [1.82, 2.24) is 15.3 Å². The molecular weight excluding hydrogens is 448 g/mol. The van der Waals surface area contributed by atoms with Gasteiger partial charge >= 0.3 is 6.09 Å². The molecule has 35 heavy (non-hydrogen) atoms. The highest BCUT2D eigenvalue weighted by Gasteiger charge is 2.40. The molecule has 1 fully saturated rings. The van der Waals surface area contributed by atoms with Crippen molar-refractivity contribution in [2.45, 2.75) is 24.8 Å². The van der Waals surface area contributed by atoms with E-state index in [-0.39, 0.29) is 6.61 Å². The molecule has 1 aliphatic carbocycles. The zero-order valence-corrected chi connectivity index (χ0v) is 19.2. The van der Waals surface area contributed by atoms with Gasteiger partial charge in [0.25, 0.3) is 0 Å². The Labute approximate surface area is 201 Å². The van der Waals surface area contributed by atoms with E-state index in [1.807, 2.05) is 54.6 Å². The Kier molecular flexibility index (Phi) is 6.00. The van der Waals surface area contributed by atoms with Gasteiger partial charge in [0.1, 0.15) is 11.1 Å². The summed E-state index contributed by atoms with van der Waals surface area (Å²) in [6, 6.07) is 17.6. The number of fused-ring (bicyclic) bond motifs is 1. The number of hydrogen-bond acceptors (Lipinski definition) is 7. The minimum Gasteiger partial charge on any atom is -0.480 e. The molecule has 1 aliphatic rings. The van der Waals surface area contributed by atoms with Crippen LogP contribution >= 0.6 is 0 Å². The Morgan fingerprint density at radius 2 is 1.83 bits per heavy atom. The summed E-state index contributed by atoms with van der Waals surface area (Å²) in [6.07, 6.45) is 1.51. The number of nitrogens with one attached hydrogen (secondary N) is 2. The second-order valence-electron chi connectivity index (χ2n) is 8.50. The molecule has 2 aromatic heterocycles. The number of aliphatic hydroxyl groups is 1. The predicted octanol–water partition coefficient (Wildman–Crippen LogP) is 4.62. The normalized spacial score (nSPS) is 14.3. The van der Waals surface area contributed by atoms with Gasteiger partial charge < -0.3 is 30.0 Å². The standard InChI is InChI=1S/C26H26N4O5/c1-34-22-20-19(16-6-3-2-4-7-16)21(35-23(20)29-24(28-22)27-14-15-31)17-8-10-18(11-9-17)26(12-5-13-26)30-25(32)33/h2-4,6-11,30-31H,5,12-15H2,1H3,(H,32,33)(H,27,28,29). The molecule has 9 nitrogen and oxygen atoms in total. The molecule has 2 heterocycles. The van der Waals surface area contributed by atoms with Gasteiger partial charge in [-0.1, -0.05) is 54.6 Å². The van der Waals surface area contributed by atoms with E-state index in [0.29, 0.717) is 35.2 Å². The zero-order valence-electron chi connectivity index (χ0n) is 19.2. The number of rotatable bonds is 8. The molecule has 5 rings (SSSR count). The topological polar surface area (TPSA) is 130 Å². The Morgan fingerprint density at radius 3 is 2.43 bits per heavy atom. The molecule has 0 saturated heterocycles. The van der Waals surface area contributed by atoms with E-state index >= 15 is 0 Å². The van der Waals surface area contributed by atoms with Crippen molar-refractivity contribution in [3.8, 4) is 28.3 Å². The van der Waals surface area contributed by atoms with Crippen LogP contribution in [0.3, 0.4) is 0 Å². The fourth-order valence-corrected chi connectivity index (χ4v) is 4.61. The number of nitrogens with zero attached hydrogens (tertiary/aromatic N) is 2. The van der Waals surface area contributed by atoms with Crippen molar-refractivity contribution in [2.24, 2.45) is 0 Å². The maximum Gasteiger partial charge on any atom is 0.405 e. The molecule has 4 aromatic rings. The smallest absolute Gasteiger partial charge is 0.405 e. The Balaban J connectivity index is 1.65. The number of aromatic nitrogens is 2. The summed E-state index contributed by atoms with van der Waals surface area (Å²) in [5.41, 5.74) is 3.30. The number of carbonyl (C=O) groups is 1. The summed E-state index contributed by atoms with van der Waals surface area (Å²) in [5.74, 6) is 1.27. The van der Waals surface area contributed by atoms with E-state index in [0.717, 1.165) is 41.5 Å². The van der Waals surface area contributed by atoms with Gasteiger partial charge in [0.15, 0.2) is 0 Å². The molecular formula is C26H26N4O5. The van der Waals surface area contributed by atoms with Crippen molar-refractivity contribution < 1.29 is 24.2 Å². The number of furan rings is 1. The average molecular weight is 475 g/mol. The summed E-state index contributed by atoms with van der Waals surface area (Å²) in [7, 11) is 1.54. The molecule has 180 valence electrons. The Bertz CT molecular complexity index is 1350. The lowest BCUT2D eigenvalue weighted by Crippen LogP contribution is -2.50. The van der Waals surface area contributed by atoms with Crippen LogP contribution in [0, 0.1) is 0 Å². The highest BCUT2D eigenvalue weighted by Crippen LogP contribution is 2.45. The molecule has 9 heteroatoms. The van der Waals surface area contributed by atoms with E-state index in [1.165, 1.54) is 0 Å². The summed E-state index contributed by atoms with van der Waals surface area (Å²) in [5, 5.41) is 24.8.